The van der Waals surface area contributed by atoms with E-state index >= 15 is 0 Å². The molecular weight excluding hydrogens is 368 g/mol. The van der Waals surface area contributed by atoms with Crippen LogP contribution in [0.25, 0.3) is 0 Å². The van der Waals surface area contributed by atoms with Gasteiger partial charge in [-0.3, -0.25) is 9.59 Å². The van der Waals surface area contributed by atoms with Crippen LogP contribution in [0.15, 0.2) is 24.0 Å². The lowest BCUT2D eigenvalue weighted by molar-refractivity contribution is -0.175. The Hall–Kier alpha value is -1.62. The van der Waals surface area contributed by atoms with Crippen molar-refractivity contribution in [3.63, 3.8) is 0 Å². The maximum Gasteiger partial charge on any atom is 0.302 e. The molecule has 0 unspecified atom stereocenters. The number of ketones is 1. The summed E-state index contributed by atoms with van der Waals surface area (Å²) in [5.41, 5.74) is -0.254. The molecule has 0 radical (unpaired) electrons. The van der Waals surface area contributed by atoms with Gasteiger partial charge >= 0.3 is 5.97 Å². The summed E-state index contributed by atoms with van der Waals surface area (Å²) in [6.07, 6.45) is 11.2. The van der Waals surface area contributed by atoms with Gasteiger partial charge in [-0.25, -0.2) is 0 Å². The summed E-state index contributed by atoms with van der Waals surface area (Å²) in [6.45, 7) is 6.00. The number of aliphatic hydroxyl groups is 1. The van der Waals surface area contributed by atoms with Gasteiger partial charge in [0.2, 0.25) is 0 Å². The number of allylic oxidation sites excluding steroid dienone is 1. The first-order valence-electron chi connectivity index (χ1n) is 11.2. The molecule has 1 heterocycles. The minimum absolute atomic E-state index is 0.00406. The average molecular weight is 401 g/mol. The van der Waals surface area contributed by atoms with E-state index in [2.05, 4.69) is 19.9 Å². The smallest absolute Gasteiger partial charge is 0.302 e. The molecule has 5 rings (SSSR count). The largest absolute Gasteiger partial charge is 0.494 e. The molecule has 3 fully saturated rings. The second kappa shape index (κ2) is 6.19. The third-order valence-electron chi connectivity index (χ3n) is 9.42. The van der Waals surface area contributed by atoms with E-state index in [1.807, 2.05) is 0 Å². The molecule has 5 heteroatoms. The van der Waals surface area contributed by atoms with Gasteiger partial charge in [0.05, 0.1) is 6.26 Å². The Bertz CT molecular complexity index is 814. The van der Waals surface area contributed by atoms with Crippen LogP contribution >= 0.6 is 0 Å². The van der Waals surface area contributed by atoms with Crippen LogP contribution in [0.5, 0.6) is 0 Å². The fraction of sp³-hybridized carbons (Fsp3) is 0.750. The van der Waals surface area contributed by atoms with Crippen molar-refractivity contribution < 1.29 is 24.2 Å². The second-order valence-electron chi connectivity index (χ2n) is 10.5. The molecule has 0 bridgehead atoms. The molecule has 5 nitrogen and oxygen atoms in total. The number of carbonyl (C=O) groups is 2. The quantitative estimate of drug-likeness (QED) is 0.537. The van der Waals surface area contributed by atoms with E-state index in [9.17, 15) is 14.7 Å². The number of rotatable bonds is 1. The van der Waals surface area contributed by atoms with Gasteiger partial charge in [0.25, 0.3) is 0 Å². The molecule has 8 atom stereocenters. The molecule has 158 valence electrons. The SMILES string of the molecule is CC(=O)O[C@@H]1CC[C@]2(C)C(=CC[C@H]3[C@H]4C[C@H]5OC=CC(=O)[C@]5(O)[C@]4(C)CC[C@@H]32)C1. The Labute approximate surface area is 172 Å². The minimum Gasteiger partial charge on any atom is -0.494 e. The molecule has 29 heavy (non-hydrogen) atoms. The van der Waals surface area contributed by atoms with Crippen LogP contribution < -0.4 is 0 Å². The predicted octanol–water partition coefficient (Wildman–Crippen LogP) is 3.70. The molecule has 1 N–H and O–H groups in total. The monoisotopic (exact) mass is 400 g/mol. The number of ether oxygens (including phenoxy) is 2. The topological polar surface area (TPSA) is 72.8 Å². The number of esters is 1. The van der Waals surface area contributed by atoms with E-state index in [0.29, 0.717) is 11.8 Å². The van der Waals surface area contributed by atoms with Crippen LogP contribution in [-0.2, 0) is 19.1 Å². The molecule has 3 saturated carbocycles. The Morgan fingerprint density at radius 1 is 1.24 bits per heavy atom. The van der Waals surface area contributed by atoms with Crippen molar-refractivity contribution >= 4 is 11.8 Å². The maximum atomic E-state index is 12.8. The fourth-order valence-corrected chi connectivity index (χ4v) is 7.88. The highest BCUT2D eigenvalue weighted by molar-refractivity contribution is 5.99. The molecule has 0 aromatic heterocycles. The van der Waals surface area contributed by atoms with Gasteiger partial charge in [-0.15, -0.1) is 0 Å². The van der Waals surface area contributed by atoms with Crippen molar-refractivity contribution in [3.8, 4) is 0 Å². The van der Waals surface area contributed by atoms with Crippen molar-refractivity contribution in [2.24, 2.45) is 28.6 Å². The van der Waals surface area contributed by atoms with E-state index in [1.54, 1.807) is 0 Å². The van der Waals surface area contributed by atoms with E-state index in [1.165, 1.54) is 24.8 Å². The van der Waals surface area contributed by atoms with Gasteiger partial charge in [0.1, 0.15) is 12.2 Å². The first kappa shape index (κ1) is 19.3. The Morgan fingerprint density at radius 2 is 2.03 bits per heavy atom. The zero-order valence-electron chi connectivity index (χ0n) is 17.6. The third kappa shape index (κ3) is 2.43. The predicted molar refractivity (Wildman–Crippen MR) is 107 cm³/mol. The summed E-state index contributed by atoms with van der Waals surface area (Å²) in [5, 5.41) is 11.5. The summed E-state index contributed by atoms with van der Waals surface area (Å²) in [5.74, 6) is 0.907. The number of fused-ring (bicyclic) bond motifs is 7. The molecule has 1 aliphatic heterocycles. The third-order valence-corrected chi connectivity index (χ3v) is 9.42. The lowest BCUT2D eigenvalue weighted by Crippen LogP contribution is -2.60. The lowest BCUT2D eigenvalue weighted by atomic mass is 9.46. The Morgan fingerprint density at radius 3 is 2.79 bits per heavy atom. The molecule has 0 aromatic carbocycles. The van der Waals surface area contributed by atoms with Crippen LogP contribution in [0, 0.1) is 28.6 Å². The fourth-order valence-electron chi connectivity index (χ4n) is 7.88. The van der Waals surface area contributed by atoms with Gasteiger partial charge in [-0.1, -0.05) is 25.5 Å². The van der Waals surface area contributed by atoms with E-state index < -0.39 is 17.1 Å². The highest BCUT2D eigenvalue weighted by atomic mass is 16.5. The van der Waals surface area contributed by atoms with Crippen LogP contribution in [0.3, 0.4) is 0 Å². The second-order valence-corrected chi connectivity index (χ2v) is 10.5. The van der Waals surface area contributed by atoms with Crippen molar-refractivity contribution in [1.29, 1.82) is 0 Å². The Kier molecular flexibility index (Phi) is 4.13. The maximum absolute atomic E-state index is 12.8. The summed E-state index contributed by atoms with van der Waals surface area (Å²) in [7, 11) is 0. The zero-order chi connectivity index (χ0) is 20.6. The van der Waals surface area contributed by atoms with Gasteiger partial charge in [0.15, 0.2) is 11.4 Å². The van der Waals surface area contributed by atoms with E-state index in [0.717, 1.165) is 44.9 Å². The summed E-state index contributed by atoms with van der Waals surface area (Å²) in [6, 6.07) is 0. The molecule has 0 amide bonds. The highest BCUT2D eigenvalue weighted by Gasteiger charge is 2.71. The van der Waals surface area contributed by atoms with Crippen LogP contribution in [0.2, 0.25) is 0 Å². The molecule has 4 aliphatic carbocycles. The zero-order valence-corrected chi connectivity index (χ0v) is 17.6. The molecule has 0 saturated heterocycles. The number of hydrogen-bond acceptors (Lipinski definition) is 5. The minimum atomic E-state index is -1.39. The highest BCUT2D eigenvalue weighted by Crippen LogP contribution is 2.68. The molecule has 5 aliphatic rings. The van der Waals surface area contributed by atoms with Crippen molar-refractivity contribution in [2.45, 2.75) is 83.5 Å². The van der Waals surface area contributed by atoms with Gasteiger partial charge in [-0.05, 0) is 61.7 Å². The Balaban J connectivity index is 1.46. The standard InChI is InChI=1S/C24H32O5/c1-14(25)29-16-6-9-22(2)15(12-16)4-5-17-18(22)7-10-23(3)19(17)13-21-24(23,27)20(26)8-11-28-21/h4,8,11,16-19,21,27H,5-7,9-10,12-13H2,1-3H3/t16-,17-,18+,19-,21-,22-,23-,24-/m1/s1. The first-order valence-corrected chi connectivity index (χ1v) is 11.2. The van der Waals surface area contributed by atoms with Crippen LogP contribution in [0.1, 0.15) is 65.7 Å². The summed E-state index contributed by atoms with van der Waals surface area (Å²) < 4.78 is 11.3. The van der Waals surface area contributed by atoms with Gasteiger partial charge in [-0.2, -0.15) is 0 Å². The van der Waals surface area contributed by atoms with Gasteiger partial charge < -0.3 is 14.6 Å². The molecular formula is C24H32O5. The van der Waals surface area contributed by atoms with Crippen molar-refractivity contribution in [1.82, 2.24) is 0 Å². The van der Waals surface area contributed by atoms with E-state index in [4.69, 9.17) is 9.47 Å². The summed E-state index contributed by atoms with van der Waals surface area (Å²) >= 11 is 0. The van der Waals surface area contributed by atoms with E-state index in [-0.39, 0.29) is 29.2 Å². The average Bonchev–Trinajstić information content (AvgIpc) is 2.91. The number of carbonyl (C=O) groups excluding carboxylic acids is 2. The van der Waals surface area contributed by atoms with Crippen LogP contribution in [0.4, 0.5) is 0 Å². The first-order chi connectivity index (χ1) is 13.7. The van der Waals surface area contributed by atoms with Crippen molar-refractivity contribution in [3.05, 3.63) is 24.0 Å². The van der Waals surface area contributed by atoms with Crippen molar-refractivity contribution in [2.75, 3.05) is 0 Å². The van der Waals surface area contributed by atoms with Crippen LogP contribution in [-0.4, -0.2) is 34.7 Å². The normalized spacial score (nSPS) is 50.4. The molecule has 0 aromatic rings. The lowest BCUT2D eigenvalue weighted by Gasteiger charge is -2.58. The molecule has 0 spiro atoms. The summed E-state index contributed by atoms with van der Waals surface area (Å²) in [4.78, 5) is 24.2. The number of hydrogen-bond donors (Lipinski definition) is 1. The van der Waals surface area contributed by atoms with Gasteiger partial charge in [0, 0.05) is 24.8 Å².